The van der Waals surface area contributed by atoms with Gasteiger partial charge in [0.2, 0.25) is 0 Å². The fourth-order valence-corrected chi connectivity index (χ4v) is 5.24. The fraction of sp³-hybridized carbons (Fsp3) is 1.00. The Balaban J connectivity index is 2.28. The first kappa shape index (κ1) is 11.5. The van der Waals surface area contributed by atoms with Gasteiger partial charge in [0.05, 0.1) is 0 Å². The van der Waals surface area contributed by atoms with Gasteiger partial charge in [-0.15, -0.1) is 0 Å². The molecule has 5 unspecified atom stereocenters. The van der Waals surface area contributed by atoms with Gasteiger partial charge in [0.25, 0.3) is 0 Å². The van der Waals surface area contributed by atoms with Crippen LogP contribution >= 0.6 is 0 Å². The highest BCUT2D eigenvalue weighted by atomic mass is 14.8. The first-order chi connectivity index (χ1) is 6.74. The van der Waals surface area contributed by atoms with Crippen LogP contribution < -0.4 is 0 Å². The van der Waals surface area contributed by atoms with Crippen LogP contribution in [0.4, 0.5) is 0 Å². The number of fused-ring (bicyclic) bond motifs is 1. The van der Waals surface area contributed by atoms with Gasteiger partial charge in [-0.05, 0) is 46.8 Å². The molecule has 0 aromatic heterocycles. The molecular formula is C15H28. The maximum absolute atomic E-state index is 2.55. The molecule has 0 radical (unpaired) electrons. The van der Waals surface area contributed by atoms with Gasteiger partial charge in [0.15, 0.2) is 0 Å². The van der Waals surface area contributed by atoms with Crippen LogP contribution in [0.25, 0.3) is 0 Å². The Morgan fingerprint density at radius 2 is 1.60 bits per heavy atom. The quantitative estimate of drug-likeness (QED) is 0.591. The van der Waals surface area contributed by atoms with Crippen LogP contribution in [0.2, 0.25) is 0 Å². The predicted molar refractivity (Wildman–Crippen MR) is 66.7 cm³/mol. The van der Waals surface area contributed by atoms with E-state index in [0.29, 0.717) is 10.8 Å². The van der Waals surface area contributed by atoms with Crippen LogP contribution in [-0.4, -0.2) is 0 Å². The average molecular weight is 208 g/mol. The molecule has 2 rings (SSSR count). The minimum atomic E-state index is 0.602. The number of hydrogen-bond acceptors (Lipinski definition) is 0. The summed E-state index contributed by atoms with van der Waals surface area (Å²) in [7, 11) is 0. The minimum absolute atomic E-state index is 0.602. The Labute approximate surface area is 95.8 Å². The molecule has 88 valence electrons. The Kier molecular flexibility index (Phi) is 2.31. The van der Waals surface area contributed by atoms with Gasteiger partial charge in [-0.3, -0.25) is 0 Å². The lowest BCUT2D eigenvalue weighted by atomic mass is 9.63. The van der Waals surface area contributed by atoms with Crippen LogP contribution in [-0.2, 0) is 0 Å². The first-order valence-corrected chi connectivity index (χ1v) is 6.74. The lowest BCUT2D eigenvalue weighted by Gasteiger charge is -2.41. The van der Waals surface area contributed by atoms with Gasteiger partial charge >= 0.3 is 0 Å². The van der Waals surface area contributed by atoms with E-state index in [0.717, 1.165) is 29.6 Å². The molecule has 15 heavy (non-hydrogen) atoms. The van der Waals surface area contributed by atoms with Gasteiger partial charge in [0, 0.05) is 0 Å². The van der Waals surface area contributed by atoms with Crippen molar-refractivity contribution in [3.05, 3.63) is 0 Å². The molecule has 2 saturated carbocycles. The summed E-state index contributed by atoms with van der Waals surface area (Å²) >= 11 is 0. The Morgan fingerprint density at radius 3 is 2.07 bits per heavy atom. The molecule has 2 fully saturated rings. The van der Waals surface area contributed by atoms with Crippen LogP contribution in [0.5, 0.6) is 0 Å². The lowest BCUT2D eigenvalue weighted by Crippen LogP contribution is -2.35. The molecule has 0 amide bonds. The maximum atomic E-state index is 2.55. The summed E-state index contributed by atoms with van der Waals surface area (Å²) in [5.74, 6) is 4.61. The molecule has 0 aliphatic heterocycles. The van der Waals surface area contributed by atoms with Crippen molar-refractivity contribution in [3.63, 3.8) is 0 Å². The van der Waals surface area contributed by atoms with Crippen molar-refractivity contribution in [1.82, 2.24) is 0 Å². The van der Waals surface area contributed by atoms with Crippen LogP contribution in [0.3, 0.4) is 0 Å². The molecule has 0 saturated heterocycles. The Bertz CT molecular complexity index is 263. The van der Waals surface area contributed by atoms with Crippen molar-refractivity contribution >= 4 is 0 Å². The molecule has 2 aliphatic rings. The monoisotopic (exact) mass is 208 g/mol. The highest BCUT2D eigenvalue weighted by molar-refractivity contribution is 5.20. The van der Waals surface area contributed by atoms with E-state index < -0.39 is 0 Å². The first-order valence-electron chi connectivity index (χ1n) is 6.74. The van der Waals surface area contributed by atoms with Gasteiger partial charge in [-0.2, -0.15) is 0 Å². The summed E-state index contributed by atoms with van der Waals surface area (Å²) in [6.45, 7) is 17.3. The van der Waals surface area contributed by atoms with Gasteiger partial charge < -0.3 is 0 Å². The van der Waals surface area contributed by atoms with E-state index in [4.69, 9.17) is 0 Å². The Hall–Kier alpha value is 0. The molecule has 0 spiro atoms. The molecule has 2 aliphatic carbocycles. The van der Waals surface area contributed by atoms with E-state index >= 15 is 0 Å². The molecule has 0 N–H and O–H groups in total. The largest absolute Gasteiger partial charge is 0.0625 e. The van der Waals surface area contributed by atoms with Crippen molar-refractivity contribution < 1.29 is 0 Å². The summed E-state index contributed by atoms with van der Waals surface area (Å²) in [5.41, 5.74) is 1.23. The molecule has 0 aromatic rings. The Morgan fingerprint density at radius 1 is 1.07 bits per heavy atom. The molecule has 5 atom stereocenters. The molecule has 0 heteroatoms. The zero-order chi connectivity index (χ0) is 11.6. The summed E-state index contributed by atoms with van der Waals surface area (Å²) in [5, 5.41) is 0. The number of hydrogen-bond donors (Lipinski definition) is 0. The van der Waals surface area contributed by atoms with Gasteiger partial charge in [-0.1, -0.05) is 48.5 Å². The minimum Gasteiger partial charge on any atom is -0.0625 e. The fourth-order valence-electron chi connectivity index (χ4n) is 5.24. The normalized spacial score (nSPS) is 52.8. The van der Waals surface area contributed by atoms with Crippen molar-refractivity contribution in [1.29, 1.82) is 0 Å². The van der Waals surface area contributed by atoms with Gasteiger partial charge in [0.1, 0.15) is 0 Å². The molecule has 0 heterocycles. The van der Waals surface area contributed by atoms with Gasteiger partial charge in [-0.25, -0.2) is 0 Å². The zero-order valence-electron chi connectivity index (χ0n) is 11.6. The molecule has 0 bridgehead atoms. The summed E-state index contributed by atoms with van der Waals surface area (Å²) in [4.78, 5) is 0. The molecular weight excluding hydrogens is 180 g/mol. The van der Waals surface area contributed by atoms with Crippen molar-refractivity contribution in [2.75, 3.05) is 0 Å². The highest BCUT2D eigenvalue weighted by Crippen LogP contribution is 2.78. The zero-order valence-corrected chi connectivity index (χ0v) is 11.6. The van der Waals surface area contributed by atoms with E-state index in [1.54, 1.807) is 0 Å². The van der Waals surface area contributed by atoms with Crippen molar-refractivity contribution in [2.24, 2.45) is 40.4 Å². The standard InChI is InChI=1S/C15H28/c1-9(2)13-10(3)8-12-14(5,6)15(12,7)11(13)4/h9-13H,8H2,1-7H3. The second kappa shape index (κ2) is 3.02. The third-order valence-electron chi connectivity index (χ3n) is 6.46. The second-order valence-corrected chi connectivity index (χ2v) is 7.38. The molecule has 0 nitrogen and oxygen atoms in total. The SMILES string of the molecule is CC(C)C1C(C)CC2C(C)(C)C2(C)C1C. The maximum Gasteiger partial charge on any atom is -0.0210 e. The highest BCUT2D eigenvalue weighted by Gasteiger charge is 2.72. The van der Waals surface area contributed by atoms with E-state index in [9.17, 15) is 0 Å². The van der Waals surface area contributed by atoms with Crippen LogP contribution in [0.1, 0.15) is 54.9 Å². The summed E-state index contributed by atoms with van der Waals surface area (Å²) < 4.78 is 0. The second-order valence-electron chi connectivity index (χ2n) is 7.38. The van der Waals surface area contributed by atoms with Crippen molar-refractivity contribution in [3.8, 4) is 0 Å². The van der Waals surface area contributed by atoms with Crippen molar-refractivity contribution in [2.45, 2.75) is 54.9 Å². The predicted octanol–water partition coefficient (Wildman–Crippen LogP) is 4.60. The van der Waals surface area contributed by atoms with Crippen LogP contribution in [0, 0.1) is 40.4 Å². The topological polar surface area (TPSA) is 0 Å². The van der Waals surface area contributed by atoms with E-state index in [-0.39, 0.29) is 0 Å². The lowest BCUT2D eigenvalue weighted by molar-refractivity contribution is 0.0684. The van der Waals surface area contributed by atoms with E-state index in [2.05, 4.69) is 48.5 Å². The van der Waals surface area contributed by atoms with Crippen LogP contribution in [0.15, 0.2) is 0 Å². The molecule has 0 aromatic carbocycles. The smallest absolute Gasteiger partial charge is 0.0210 e. The number of rotatable bonds is 1. The average Bonchev–Trinajstić information content (AvgIpc) is 2.50. The summed E-state index contributed by atoms with van der Waals surface area (Å²) in [6, 6.07) is 0. The van der Waals surface area contributed by atoms with E-state index in [1.165, 1.54) is 6.42 Å². The third-order valence-corrected chi connectivity index (χ3v) is 6.46. The summed E-state index contributed by atoms with van der Waals surface area (Å²) in [6.07, 6.45) is 1.47. The van der Waals surface area contributed by atoms with E-state index in [1.807, 2.05) is 0 Å². The third kappa shape index (κ3) is 1.20.